The molecule has 1 heterocycles. The van der Waals surface area contributed by atoms with E-state index in [-0.39, 0.29) is 11.6 Å². The van der Waals surface area contributed by atoms with Crippen molar-refractivity contribution in [3.63, 3.8) is 0 Å². The van der Waals surface area contributed by atoms with Crippen molar-refractivity contribution in [1.29, 1.82) is 0 Å². The van der Waals surface area contributed by atoms with E-state index in [9.17, 15) is 9.18 Å². The first-order chi connectivity index (χ1) is 14.4. The van der Waals surface area contributed by atoms with Crippen LogP contribution in [0.25, 0.3) is 17.1 Å². The fraction of sp³-hybridized carbons (Fsp3) is 0.0870. The van der Waals surface area contributed by atoms with Crippen LogP contribution >= 0.6 is 11.6 Å². The molecule has 7 heteroatoms. The highest BCUT2D eigenvalue weighted by Crippen LogP contribution is 2.25. The molecule has 3 aromatic carbocycles. The topological polar surface area (TPSA) is 59.8 Å². The molecule has 1 aromatic heterocycles. The molecule has 0 saturated carbocycles. The molecular weight excluding hydrogens is 403 g/mol. The second-order valence-corrected chi connectivity index (χ2v) is 7.31. The van der Waals surface area contributed by atoms with Gasteiger partial charge in [-0.05, 0) is 67.4 Å². The maximum Gasteiger partial charge on any atom is 0.295 e. The monoisotopic (exact) mass is 420 g/mol. The van der Waals surface area contributed by atoms with Gasteiger partial charge in [-0.1, -0.05) is 35.9 Å². The molecule has 1 amide bonds. The predicted octanol–water partition coefficient (Wildman–Crippen LogP) is 5.60. The third-order valence-corrected chi connectivity index (χ3v) is 4.96. The van der Waals surface area contributed by atoms with Crippen molar-refractivity contribution in [3.8, 4) is 17.1 Å². The average molecular weight is 421 g/mol. The molecular formula is C23H18ClFN4O. The normalized spacial score (nSPS) is 10.8. The third-order valence-electron chi connectivity index (χ3n) is 4.63. The lowest BCUT2D eigenvalue weighted by Gasteiger charge is -2.10. The minimum absolute atomic E-state index is 0.0184. The highest BCUT2D eigenvalue weighted by Gasteiger charge is 2.20. The van der Waals surface area contributed by atoms with Crippen LogP contribution in [0.4, 0.5) is 10.1 Å². The van der Waals surface area contributed by atoms with Gasteiger partial charge in [-0.15, -0.1) is 5.10 Å². The minimum atomic E-state index is -0.490. The number of halogens is 2. The van der Waals surface area contributed by atoms with Gasteiger partial charge >= 0.3 is 0 Å². The number of hydrogen-bond acceptors (Lipinski definition) is 3. The quantitative estimate of drug-likeness (QED) is 0.467. The van der Waals surface area contributed by atoms with Gasteiger partial charge in [0.05, 0.1) is 16.4 Å². The molecule has 0 saturated heterocycles. The van der Waals surface area contributed by atoms with Gasteiger partial charge in [-0.3, -0.25) is 4.79 Å². The minimum Gasteiger partial charge on any atom is -0.318 e. The highest BCUT2D eigenvalue weighted by molar-refractivity contribution is 6.33. The van der Waals surface area contributed by atoms with Crippen molar-refractivity contribution in [2.45, 2.75) is 13.8 Å². The maximum atomic E-state index is 13.4. The van der Waals surface area contributed by atoms with Crippen molar-refractivity contribution < 1.29 is 9.18 Å². The Morgan fingerprint density at radius 3 is 2.50 bits per heavy atom. The number of hydrogen-bond donors (Lipinski definition) is 1. The summed E-state index contributed by atoms with van der Waals surface area (Å²) in [6.45, 7) is 3.93. The number of carbonyl (C=O) groups excluding carboxylic acids is 1. The number of amides is 1. The molecule has 5 nitrogen and oxygen atoms in total. The van der Waals surface area contributed by atoms with Crippen LogP contribution in [0.2, 0.25) is 5.02 Å². The van der Waals surface area contributed by atoms with Crippen molar-refractivity contribution in [1.82, 2.24) is 14.8 Å². The summed E-state index contributed by atoms with van der Waals surface area (Å²) in [6, 6.07) is 18.8. The van der Waals surface area contributed by atoms with E-state index >= 15 is 0 Å². The van der Waals surface area contributed by atoms with Crippen LogP contribution in [0, 0.1) is 19.7 Å². The van der Waals surface area contributed by atoms with Gasteiger partial charge in [-0.2, -0.15) is 0 Å². The lowest BCUT2D eigenvalue weighted by Crippen LogP contribution is -2.14. The molecule has 0 fully saturated rings. The van der Waals surface area contributed by atoms with E-state index in [0.29, 0.717) is 22.1 Å². The number of nitrogens with zero attached hydrogens (tertiary/aromatic N) is 3. The summed E-state index contributed by atoms with van der Waals surface area (Å²) in [5.41, 5.74) is 3.90. The fourth-order valence-electron chi connectivity index (χ4n) is 3.05. The first kappa shape index (κ1) is 19.8. The summed E-state index contributed by atoms with van der Waals surface area (Å²) >= 11 is 6.14. The van der Waals surface area contributed by atoms with Crippen LogP contribution in [0.3, 0.4) is 0 Å². The summed E-state index contributed by atoms with van der Waals surface area (Å²) in [5.74, 6) is -0.424. The van der Waals surface area contributed by atoms with Gasteiger partial charge in [-0.25, -0.2) is 14.1 Å². The molecule has 0 bridgehead atoms. The molecule has 0 unspecified atom stereocenters. The number of anilines is 1. The van der Waals surface area contributed by atoms with E-state index in [1.165, 1.54) is 12.1 Å². The lowest BCUT2D eigenvalue weighted by molar-refractivity contribution is 0.101. The number of carbonyl (C=O) groups is 1. The summed E-state index contributed by atoms with van der Waals surface area (Å²) in [6.07, 6.45) is 0. The SMILES string of the molecule is Cc1ccc(C)c(-n2nc(C(=O)Nc3ccccc3Cl)nc2-c2ccc(F)cc2)c1. The molecule has 30 heavy (non-hydrogen) atoms. The van der Waals surface area contributed by atoms with E-state index in [0.717, 1.165) is 16.8 Å². The van der Waals surface area contributed by atoms with Crippen LogP contribution in [0.15, 0.2) is 66.7 Å². The van der Waals surface area contributed by atoms with Gasteiger partial charge in [0, 0.05) is 5.56 Å². The molecule has 0 atom stereocenters. The molecule has 1 N–H and O–H groups in total. The predicted molar refractivity (Wildman–Crippen MR) is 116 cm³/mol. The summed E-state index contributed by atoms with van der Waals surface area (Å²) in [4.78, 5) is 17.3. The molecule has 4 aromatic rings. The van der Waals surface area contributed by atoms with Gasteiger partial charge in [0.1, 0.15) is 5.82 Å². The summed E-state index contributed by atoms with van der Waals surface area (Å²) in [5, 5.41) is 7.61. The van der Waals surface area contributed by atoms with E-state index in [1.807, 2.05) is 32.0 Å². The Labute approximate surface area is 178 Å². The second kappa shape index (κ2) is 8.08. The Morgan fingerprint density at radius 1 is 1.03 bits per heavy atom. The lowest BCUT2D eigenvalue weighted by atomic mass is 10.1. The van der Waals surface area contributed by atoms with Gasteiger partial charge in [0.25, 0.3) is 5.91 Å². The van der Waals surface area contributed by atoms with Gasteiger partial charge in [0.15, 0.2) is 5.82 Å². The van der Waals surface area contributed by atoms with Crippen molar-refractivity contribution in [2.24, 2.45) is 0 Å². The van der Waals surface area contributed by atoms with Crippen molar-refractivity contribution in [2.75, 3.05) is 5.32 Å². The average Bonchev–Trinajstić information content (AvgIpc) is 3.17. The number of aryl methyl sites for hydroxylation is 2. The first-order valence-corrected chi connectivity index (χ1v) is 9.66. The molecule has 4 rings (SSSR count). The molecule has 0 radical (unpaired) electrons. The molecule has 150 valence electrons. The van der Waals surface area contributed by atoms with Crippen LogP contribution in [-0.4, -0.2) is 20.7 Å². The number of rotatable bonds is 4. The van der Waals surface area contributed by atoms with E-state index in [2.05, 4.69) is 15.4 Å². The van der Waals surface area contributed by atoms with E-state index in [1.54, 1.807) is 41.1 Å². The van der Waals surface area contributed by atoms with Gasteiger partial charge < -0.3 is 5.32 Å². The second-order valence-electron chi connectivity index (χ2n) is 6.90. The summed E-state index contributed by atoms with van der Waals surface area (Å²) < 4.78 is 15.0. The van der Waals surface area contributed by atoms with Crippen LogP contribution < -0.4 is 5.32 Å². The zero-order chi connectivity index (χ0) is 21.3. The number of benzene rings is 3. The number of aromatic nitrogens is 3. The Balaban J connectivity index is 1.81. The number of para-hydroxylation sites is 1. The van der Waals surface area contributed by atoms with Gasteiger partial charge in [0.2, 0.25) is 5.82 Å². The molecule has 0 aliphatic heterocycles. The zero-order valence-electron chi connectivity index (χ0n) is 16.4. The smallest absolute Gasteiger partial charge is 0.295 e. The molecule has 0 aliphatic carbocycles. The van der Waals surface area contributed by atoms with Crippen LogP contribution in [0.5, 0.6) is 0 Å². The van der Waals surface area contributed by atoms with E-state index in [4.69, 9.17) is 11.6 Å². The Hall–Kier alpha value is -3.51. The molecule has 0 spiro atoms. The largest absolute Gasteiger partial charge is 0.318 e. The Morgan fingerprint density at radius 2 is 1.77 bits per heavy atom. The standard InChI is InChI=1S/C23H18ClFN4O/c1-14-7-8-15(2)20(13-14)29-22(16-9-11-17(25)12-10-16)27-21(28-29)23(30)26-19-6-4-3-5-18(19)24/h3-13H,1-2H3,(H,26,30). The highest BCUT2D eigenvalue weighted by atomic mass is 35.5. The fourth-order valence-corrected chi connectivity index (χ4v) is 3.23. The van der Waals surface area contributed by atoms with Crippen LogP contribution in [-0.2, 0) is 0 Å². The van der Waals surface area contributed by atoms with Crippen molar-refractivity contribution in [3.05, 3.63) is 94.5 Å². The summed E-state index contributed by atoms with van der Waals surface area (Å²) in [7, 11) is 0. The Bertz CT molecular complexity index is 1230. The maximum absolute atomic E-state index is 13.4. The first-order valence-electron chi connectivity index (χ1n) is 9.29. The third kappa shape index (κ3) is 3.95. The molecule has 0 aliphatic rings. The zero-order valence-corrected chi connectivity index (χ0v) is 17.1. The van der Waals surface area contributed by atoms with E-state index < -0.39 is 5.91 Å². The van der Waals surface area contributed by atoms with Crippen molar-refractivity contribution >= 4 is 23.2 Å². The Kier molecular flexibility index (Phi) is 5.33. The number of nitrogens with one attached hydrogen (secondary N) is 1. The van der Waals surface area contributed by atoms with Crippen LogP contribution in [0.1, 0.15) is 21.7 Å².